The number of hydrogen-bond donors (Lipinski definition) is 1. The van der Waals surface area contributed by atoms with Gasteiger partial charge in [0.15, 0.2) is 0 Å². The van der Waals surface area contributed by atoms with Gasteiger partial charge in [-0.1, -0.05) is 6.92 Å². The highest BCUT2D eigenvalue weighted by Gasteiger charge is 2.52. The molecule has 0 aromatic carbocycles. The van der Waals surface area contributed by atoms with Crippen LogP contribution < -0.4 is 5.32 Å². The third-order valence-electron chi connectivity index (χ3n) is 3.25. The lowest BCUT2D eigenvalue weighted by atomic mass is 9.74. The summed E-state index contributed by atoms with van der Waals surface area (Å²) in [5.74, 6) is -0.0915. The summed E-state index contributed by atoms with van der Waals surface area (Å²) in [6, 6.07) is -1.06. The molecule has 0 radical (unpaired) electrons. The Bertz CT molecular complexity index is 300. The molecule has 2 heterocycles. The van der Waals surface area contributed by atoms with Crippen molar-refractivity contribution in [2.24, 2.45) is 5.41 Å². The molecular weight excluding hydrogens is 200 g/mol. The van der Waals surface area contributed by atoms with E-state index >= 15 is 0 Å². The zero-order valence-corrected chi connectivity index (χ0v) is 8.56. The quantitative estimate of drug-likeness (QED) is 0.516. The second-order valence-corrected chi connectivity index (χ2v) is 4.58. The third kappa shape index (κ3) is 1.69. The summed E-state index contributed by atoms with van der Waals surface area (Å²) in [7, 11) is 0. The predicted octanol–water partition coefficient (Wildman–Crippen LogP) is -0.0532. The summed E-state index contributed by atoms with van der Waals surface area (Å²) >= 11 is 0. The first-order chi connectivity index (χ1) is 7.03. The van der Waals surface area contributed by atoms with Crippen LogP contribution in [0.2, 0.25) is 0 Å². The van der Waals surface area contributed by atoms with Gasteiger partial charge in [-0.05, 0) is 0 Å². The van der Waals surface area contributed by atoms with Gasteiger partial charge in [-0.2, -0.15) is 0 Å². The van der Waals surface area contributed by atoms with Gasteiger partial charge in [-0.15, -0.1) is 0 Å². The smallest absolute Gasteiger partial charge is 0.234 e. The van der Waals surface area contributed by atoms with Crippen LogP contribution in [-0.4, -0.2) is 36.1 Å². The van der Waals surface area contributed by atoms with Gasteiger partial charge in [-0.25, -0.2) is 0 Å². The standard InChI is InChI=1S/C9H14N2O4/c1-9(4-15-5-9)8-6(11(13)14)2-3-7(12)10-8/h6,8H,2-5H2,1H3,(H,10,12)/t6-,8-/m0/s1. The molecule has 15 heavy (non-hydrogen) atoms. The van der Waals surface area contributed by atoms with Gasteiger partial charge in [0.25, 0.3) is 0 Å². The number of ether oxygens (including phenoxy) is 1. The van der Waals surface area contributed by atoms with Crippen molar-refractivity contribution in [3.05, 3.63) is 10.1 Å². The first kappa shape index (κ1) is 10.4. The Morgan fingerprint density at radius 2 is 2.27 bits per heavy atom. The van der Waals surface area contributed by atoms with Gasteiger partial charge in [-0.3, -0.25) is 14.9 Å². The largest absolute Gasteiger partial charge is 0.380 e. The molecule has 2 aliphatic heterocycles. The number of hydrogen-bond acceptors (Lipinski definition) is 4. The molecular formula is C9H14N2O4. The van der Waals surface area contributed by atoms with E-state index in [9.17, 15) is 14.9 Å². The highest BCUT2D eigenvalue weighted by molar-refractivity contribution is 5.77. The molecule has 0 saturated carbocycles. The van der Waals surface area contributed by atoms with Crippen LogP contribution in [-0.2, 0) is 9.53 Å². The van der Waals surface area contributed by atoms with E-state index in [1.165, 1.54) is 0 Å². The van der Waals surface area contributed by atoms with Gasteiger partial charge < -0.3 is 10.1 Å². The molecule has 0 unspecified atom stereocenters. The topological polar surface area (TPSA) is 81.5 Å². The number of nitrogens with zero attached hydrogens (tertiary/aromatic N) is 1. The van der Waals surface area contributed by atoms with Crippen LogP contribution >= 0.6 is 0 Å². The molecule has 2 fully saturated rings. The molecule has 1 N–H and O–H groups in total. The number of carbonyl (C=O) groups is 1. The van der Waals surface area contributed by atoms with Gasteiger partial charge in [0.2, 0.25) is 11.9 Å². The van der Waals surface area contributed by atoms with Crippen molar-refractivity contribution >= 4 is 5.91 Å². The Morgan fingerprint density at radius 3 is 2.73 bits per heavy atom. The molecule has 2 aliphatic rings. The Morgan fingerprint density at radius 1 is 1.60 bits per heavy atom. The number of amides is 1. The maximum absolute atomic E-state index is 11.3. The Kier molecular flexibility index (Phi) is 2.38. The summed E-state index contributed by atoms with van der Waals surface area (Å²) < 4.78 is 5.08. The summed E-state index contributed by atoms with van der Waals surface area (Å²) in [6.07, 6.45) is 0.582. The van der Waals surface area contributed by atoms with Gasteiger partial charge in [0, 0.05) is 23.2 Å². The van der Waals surface area contributed by atoms with Crippen molar-refractivity contribution in [1.29, 1.82) is 0 Å². The first-order valence-electron chi connectivity index (χ1n) is 5.03. The fourth-order valence-corrected chi connectivity index (χ4v) is 2.26. The fraction of sp³-hybridized carbons (Fsp3) is 0.889. The highest BCUT2D eigenvalue weighted by atomic mass is 16.6. The van der Waals surface area contributed by atoms with Crippen molar-refractivity contribution in [2.45, 2.75) is 31.8 Å². The summed E-state index contributed by atoms with van der Waals surface area (Å²) in [6.45, 7) is 2.90. The van der Waals surface area contributed by atoms with Crippen LogP contribution in [0, 0.1) is 15.5 Å². The number of nitro groups is 1. The van der Waals surface area contributed by atoms with Gasteiger partial charge in [0.1, 0.15) is 6.04 Å². The fourth-order valence-electron chi connectivity index (χ4n) is 2.26. The normalized spacial score (nSPS) is 34.1. The average Bonchev–Trinajstić information content (AvgIpc) is 2.13. The maximum atomic E-state index is 11.3. The van der Waals surface area contributed by atoms with Gasteiger partial charge in [0.05, 0.1) is 13.2 Å². The molecule has 0 aromatic rings. The van der Waals surface area contributed by atoms with E-state index in [0.29, 0.717) is 19.6 Å². The zero-order chi connectivity index (χ0) is 11.1. The van der Waals surface area contributed by atoms with E-state index < -0.39 is 6.04 Å². The van der Waals surface area contributed by atoms with E-state index in [0.717, 1.165) is 0 Å². The van der Waals surface area contributed by atoms with Crippen molar-refractivity contribution < 1.29 is 14.5 Å². The molecule has 0 bridgehead atoms. The minimum Gasteiger partial charge on any atom is -0.380 e. The molecule has 2 rings (SSSR count). The predicted molar refractivity (Wildman–Crippen MR) is 50.9 cm³/mol. The number of rotatable bonds is 2. The Labute approximate surface area is 87.1 Å². The van der Waals surface area contributed by atoms with Crippen molar-refractivity contribution in [1.82, 2.24) is 5.32 Å². The van der Waals surface area contributed by atoms with Crippen LogP contribution in [0.15, 0.2) is 0 Å². The van der Waals surface area contributed by atoms with Crippen LogP contribution in [0.1, 0.15) is 19.8 Å². The van der Waals surface area contributed by atoms with Crippen LogP contribution in [0.3, 0.4) is 0 Å². The summed E-state index contributed by atoms with van der Waals surface area (Å²) in [5, 5.41) is 13.6. The third-order valence-corrected chi connectivity index (χ3v) is 3.25. The molecule has 2 saturated heterocycles. The molecule has 6 heteroatoms. The monoisotopic (exact) mass is 214 g/mol. The molecule has 0 aliphatic carbocycles. The summed E-state index contributed by atoms with van der Waals surface area (Å²) in [5.41, 5.74) is -0.270. The molecule has 6 nitrogen and oxygen atoms in total. The lowest BCUT2D eigenvalue weighted by molar-refractivity contribution is -0.533. The minimum absolute atomic E-state index is 0.0915. The second-order valence-electron chi connectivity index (χ2n) is 4.58. The Hall–Kier alpha value is -1.17. The van der Waals surface area contributed by atoms with Crippen molar-refractivity contribution in [2.75, 3.05) is 13.2 Å². The number of carbonyl (C=O) groups excluding carboxylic acids is 1. The second kappa shape index (κ2) is 3.44. The van der Waals surface area contributed by atoms with E-state index in [-0.39, 0.29) is 28.7 Å². The molecule has 84 valence electrons. The van der Waals surface area contributed by atoms with E-state index in [1.54, 1.807) is 0 Å². The van der Waals surface area contributed by atoms with E-state index in [2.05, 4.69) is 5.32 Å². The lowest BCUT2D eigenvalue weighted by Crippen LogP contribution is -2.64. The SMILES string of the molecule is CC1([C@H]2NC(=O)CC[C@@H]2[N+](=O)[O-])COC1. The summed E-state index contributed by atoms with van der Waals surface area (Å²) in [4.78, 5) is 21.8. The molecule has 0 aromatic heterocycles. The number of nitrogens with one attached hydrogen (secondary N) is 1. The minimum atomic E-state index is -0.670. The molecule has 0 spiro atoms. The molecule has 2 atom stereocenters. The zero-order valence-electron chi connectivity index (χ0n) is 8.56. The average molecular weight is 214 g/mol. The van der Waals surface area contributed by atoms with Crippen molar-refractivity contribution in [3.8, 4) is 0 Å². The molecule has 1 amide bonds. The maximum Gasteiger partial charge on any atom is 0.234 e. The van der Waals surface area contributed by atoms with E-state index in [4.69, 9.17) is 4.74 Å². The lowest BCUT2D eigenvalue weighted by Gasteiger charge is -2.46. The van der Waals surface area contributed by atoms with Crippen LogP contribution in [0.25, 0.3) is 0 Å². The van der Waals surface area contributed by atoms with Crippen LogP contribution in [0.4, 0.5) is 0 Å². The highest BCUT2D eigenvalue weighted by Crippen LogP contribution is 2.35. The first-order valence-corrected chi connectivity index (χ1v) is 5.03. The van der Waals surface area contributed by atoms with Crippen molar-refractivity contribution in [3.63, 3.8) is 0 Å². The van der Waals surface area contributed by atoms with E-state index in [1.807, 2.05) is 6.92 Å². The van der Waals surface area contributed by atoms with Crippen LogP contribution in [0.5, 0.6) is 0 Å². The Balaban J connectivity index is 2.16. The van der Waals surface area contributed by atoms with Gasteiger partial charge >= 0.3 is 0 Å². The number of piperidine rings is 1.